The standard InChI is InChI=1S/C7H17N3O4S/c1-13-4-2-9-15(11,12)10-3-5-14-6-7(10)8/h7,9H,2-6,8H2,1H3. The minimum absolute atomic E-state index is 0.227. The second kappa shape index (κ2) is 5.73. The molecule has 0 aromatic carbocycles. The van der Waals surface area contributed by atoms with Gasteiger partial charge in [-0.3, -0.25) is 0 Å². The van der Waals surface area contributed by atoms with Crippen molar-refractivity contribution in [3.05, 3.63) is 0 Å². The van der Waals surface area contributed by atoms with Gasteiger partial charge in [-0.25, -0.2) is 0 Å². The van der Waals surface area contributed by atoms with Gasteiger partial charge in [-0.1, -0.05) is 0 Å². The van der Waals surface area contributed by atoms with E-state index in [1.54, 1.807) is 0 Å². The van der Waals surface area contributed by atoms with E-state index in [-0.39, 0.29) is 19.7 Å². The Bertz CT molecular complexity index is 282. The molecule has 15 heavy (non-hydrogen) atoms. The molecule has 1 aliphatic rings. The van der Waals surface area contributed by atoms with Gasteiger partial charge in [-0.05, 0) is 0 Å². The fraction of sp³-hybridized carbons (Fsp3) is 1.00. The Balaban J connectivity index is 2.51. The van der Waals surface area contributed by atoms with E-state index in [2.05, 4.69) is 4.72 Å². The Morgan fingerprint density at radius 1 is 1.67 bits per heavy atom. The van der Waals surface area contributed by atoms with Gasteiger partial charge < -0.3 is 15.2 Å². The van der Waals surface area contributed by atoms with Crippen molar-refractivity contribution in [1.82, 2.24) is 9.03 Å². The first-order chi connectivity index (χ1) is 7.08. The monoisotopic (exact) mass is 239 g/mol. The summed E-state index contributed by atoms with van der Waals surface area (Å²) >= 11 is 0. The van der Waals surface area contributed by atoms with Gasteiger partial charge in [0.15, 0.2) is 0 Å². The maximum atomic E-state index is 11.7. The molecular weight excluding hydrogens is 222 g/mol. The van der Waals surface area contributed by atoms with E-state index in [4.69, 9.17) is 15.2 Å². The van der Waals surface area contributed by atoms with Crippen molar-refractivity contribution in [3.63, 3.8) is 0 Å². The molecule has 8 heteroatoms. The third kappa shape index (κ3) is 3.67. The average Bonchev–Trinajstić information content (AvgIpc) is 2.18. The zero-order valence-corrected chi connectivity index (χ0v) is 9.50. The van der Waals surface area contributed by atoms with Gasteiger partial charge >= 0.3 is 0 Å². The minimum Gasteiger partial charge on any atom is -0.383 e. The van der Waals surface area contributed by atoms with E-state index in [1.165, 1.54) is 11.4 Å². The third-order valence-electron chi connectivity index (χ3n) is 2.01. The molecule has 0 aromatic rings. The van der Waals surface area contributed by atoms with Crippen molar-refractivity contribution >= 4 is 10.2 Å². The van der Waals surface area contributed by atoms with Crippen LogP contribution in [0.1, 0.15) is 0 Å². The number of rotatable bonds is 5. The van der Waals surface area contributed by atoms with E-state index in [1.807, 2.05) is 0 Å². The molecule has 0 bridgehead atoms. The second-order valence-corrected chi connectivity index (χ2v) is 4.85. The summed E-state index contributed by atoms with van der Waals surface area (Å²) in [4.78, 5) is 0. The van der Waals surface area contributed by atoms with Crippen molar-refractivity contribution in [2.45, 2.75) is 6.17 Å². The Kier molecular flexibility index (Phi) is 4.90. The summed E-state index contributed by atoms with van der Waals surface area (Å²) in [5.74, 6) is 0. The van der Waals surface area contributed by atoms with E-state index < -0.39 is 16.4 Å². The van der Waals surface area contributed by atoms with Crippen molar-refractivity contribution in [1.29, 1.82) is 0 Å². The predicted molar refractivity (Wildman–Crippen MR) is 54.3 cm³/mol. The van der Waals surface area contributed by atoms with Crippen LogP contribution in [0.4, 0.5) is 0 Å². The van der Waals surface area contributed by atoms with Crippen LogP contribution in [-0.4, -0.2) is 58.9 Å². The number of nitrogens with one attached hydrogen (secondary N) is 1. The summed E-state index contributed by atoms with van der Waals surface area (Å²) < 4.78 is 36.8. The van der Waals surface area contributed by atoms with Crippen LogP contribution in [0.2, 0.25) is 0 Å². The molecular formula is C7H17N3O4S. The SMILES string of the molecule is COCCNS(=O)(=O)N1CCOCC1N. The van der Waals surface area contributed by atoms with Gasteiger partial charge in [0, 0.05) is 20.2 Å². The van der Waals surface area contributed by atoms with Crippen LogP contribution in [0, 0.1) is 0 Å². The summed E-state index contributed by atoms with van der Waals surface area (Å²) in [6.45, 7) is 1.45. The van der Waals surface area contributed by atoms with Crippen LogP contribution in [0.3, 0.4) is 0 Å². The van der Waals surface area contributed by atoms with Crippen LogP contribution in [0.5, 0.6) is 0 Å². The molecule has 1 unspecified atom stereocenters. The number of hydrogen-bond acceptors (Lipinski definition) is 5. The van der Waals surface area contributed by atoms with Gasteiger partial charge in [-0.2, -0.15) is 17.4 Å². The molecule has 0 radical (unpaired) electrons. The number of morpholine rings is 1. The molecule has 1 rings (SSSR count). The van der Waals surface area contributed by atoms with Crippen molar-refractivity contribution < 1.29 is 17.9 Å². The number of methoxy groups -OCH3 is 1. The summed E-state index contributed by atoms with van der Waals surface area (Å²) in [5.41, 5.74) is 5.62. The Labute approximate surface area is 89.7 Å². The van der Waals surface area contributed by atoms with E-state index in [9.17, 15) is 8.42 Å². The largest absolute Gasteiger partial charge is 0.383 e. The fourth-order valence-corrected chi connectivity index (χ4v) is 2.50. The highest BCUT2D eigenvalue weighted by atomic mass is 32.2. The number of nitrogens with two attached hydrogens (primary N) is 1. The fourth-order valence-electron chi connectivity index (χ4n) is 1.26. The number of hydrogen-bond donors (Lipinski definition) is 2. The quantitative estimate of drug-likeness (QED) is 0.546. The maximum absolute atomic E-state index is 11.7. The Morgan fingerprint density at radius 3 is 3.00 bits per heavy atom. The molecule has 0 amide bonds. The molecule has 0 spiro atoms. The lowest BCUT2D eigenvalue weighted by Gasteiger charge is -2.31. The molecule has 0 saturated carbocycles. The molecule has 3 N–H and O–H groups in total. The van der Waals surface area contributed by atoms with E-state index >= 15 is 0 Å². The molecule has 1 saturated heterocycles. The Morgan fingerprint density at radius 2 is 2.40 bits per heavy atom. The van der Waals surface area contributed by atoms with Crippen LogP contribution >= 0.6 is 0 Å². The highest BCUT2D eigenvalue weighted by Crippen LogP contribution is 2.06. The molecule has 7 nitrogen and oxygen atoms in total. The van der Waals surface area contributed by atoms with Crippen LogP contribution < -0.4 is 10.5 Å². The molecule has 1 aliphatic heterocycles. The maximum Gasteiger partial charge on any atom is 0.281 e. The van der Waals surface area contributed by atoms with Gasteiger partial charge in [0.2, 0.25) is 0 Å². The summed E-state index contributed by atoms with van der Waals surface area (Å²) in [5, 5.41) is 0. The zero-order chi connectivity index (χ0) is 11.3. The summed E-state index contributed by atoms with van der Waals surface area (Å²) in [6.07, 6.45) is -0.612. The summed E-state index contributed by atoms with van der Waals surface area (Å²) in [6, 6.07) is 0. The van der Waals surface area contributed by atoms with Crippen molar-refractivity contribution in [3.8, 4) is 0 Å². The van der Waals surface area contributed by atoms with Crippen molar-refractivity contribution in [2.24, 2.45) is 5.73 Å². The molecule has 0 aromatic heterocycles. The Hall–Kier alpha value is -0.250. The first-order valence-corrected chi connectivity index (χ1v) is 6.10. The minimum atomic E-state index is -3.51. The van der Waals surface area contributed by atoms with Crippen LogP contribution in [-0.2, 0) is 19.7 Å². The first-order valence-electron chi connectivity index (χ1n) is 4.66. The topological polar surface area (TPSA) is 93.9 Å². The van der Waals surface area contributed by atoms with Gasteiger partial charge in [0.05, 0.1) is 26.0 Å². The van der Waals surface area contributed by atoms with Gasteiger partial charge in [0.1, 0.15) is 0 Å². The lowest BCUT2D eigenvalue weighted by molar-refractivity contribution is 0.0343. The highest BCUT2D eigenvalue weighted by molar-refractivity contribution is 7.87. The molecule has 1 fully saturated rings. The van der Waals surface area contributed by atoms with Gasteiger partial charge in [-0.15, -0.1) is 0 Å². The van der Waals surface area contributed by atoms with Gasteiger partial charge in [0.25, 0.3) is 10.2 Å². The lowest BCUT2D eigenvalue weighted by Crippen LogP contribution is -2.56. The molecule has 1 atom stereocenters. The molecule has 1 heterocycles. The second-order valence-electron chi connectivity index (χ2n) is 3.15. The molecule has 0 aliphatic carbocycles. The van der Waals surface area contributed by atoms with Crippen LogP contribution in [0.25, 0.3) is 0 Å². The van der Waals surface area contributed by atoms with Crippen molar-refractivity contribution in [2.75, 3.05) is 40.0 Å². The normalized spacial score (nSPS) is 24.3. The number of nitrogens with zero attached hydrogens (tertiary/aromatic N) is 1. The number of ether oxygens (including phenoxy) is 2. The zero-order valence-electron chi connectivity index (χ0n) is 8.68. The van der Waals surface area contributed by atoms with E-state index in [0.29, 0.717) is 13.2 Å². The smallest absolute Gasteiger partial charge is 0.281 e. The first kappa shape index (κ1) is 12.8. The summed E-state index contributed by atoms with van der Waals surface area (Å²) in [7, 11) is -2.00. The lowest BCUT2D eigenvalue weighted by atomic mass is 10.4. The highest BCUT2D eigenvalue weighted by Gasteiger charge is 2.29. The average molecular weight is 239 g/mol. The molecule has 90 valence electrons. The predicted octanol–water partition coefficient (Wildman–Crippen LogP) is -1.92. The third-order valence-corrected chi connectivity index (χ3v) is 3.65. The van der Waals surface area contributed by atoms with Crippen LogP contribution in [0.15, 0.2) is 0 Å². The van der Waals surface area contributed by atoms with E-state index in [0.717, 1.165) is 0 Å².